The van der Waals surface area contributed by atoms with Crippen LogP contribution in [0.1, 0.15) is 28.4 Å². The van der Waals surface area contributed by atoms with Crippen LogP contribution >= 0.6 is 11.6 Å². The Morgan fingerprint density at radius 1 is 1.08 bits per heavy atom. The van der Waals surface area contributed by atoms with Gasteiger partial charge in [0, 0.05) is 42.4 Å². The highest BCUT2D eigenvalue weighted by atomic mass is 35.5. The van der Waals surface area contributed by atoms with Crippen molar-refractivity contribution in [3.63, 3.8) is 0 Å². The van der Waals surface area contributed by atoms with Crippen LogP contribution in [0, 0.1) is 5.95 Å². The fourth-order valence-electron chi connectivity index (χ4n) is 4.29. The van der Waals surface area contributed by atoms with Crippen molar-refractivity contribution < 1.29 is 28.6 Å². The maximum Gasteiger partial charge on any atom is 0.335 e. The van der Waals surface area contributed by atoms with Gasteiger partial charge >= 0.3 is 5.97 Å². The van der Waals surface area contributed by atoms with Crippen molar-refractivity contribution in [1.29, 1.82) is 0 Å². The van der Waals surface area contributed by atoms with E-state index in [1.54, 1.807) is 30.3 Å². The summed E-state index contributed by atoms with van der Waals surface area (Å²) in [6, 6.07) is 11.4. The van der Waals surface area contributed by atoms with Gasteiger partial charge in [0.05, 0.1) is 36.8 Å². The number of carboxylic acid groups (broad SMARTS) is 1. The first kappa shape index (κ1) is 27.7. The first-order valence-corrected chi connectivity index (χ1v) is 12.2. The van der Waals surface area contributed by atoms with Crippen LogP contribution in [-0.4, -0.2) is 51.8 Å². The number of Topliss-reactive ketones (excluding diaryl/α,β-unsaturated/α-hetero) is 1. The Morgan fingerprint density at radius 2 is 1.82 bits per heavy atom. The highest BCUT2D eigenvalue weighted by Gasteiger charge is 2.24. The zero-order chi connectivity index (χ0) is 28.1. The van der Waals surface area contributed by atoms with Gasteiger partial charge in [-0.1, -0.05) is 23.7 Å². The molecule has 11 heteroatoms. The SMILES string of the molecule is COCCC(C(=O)Cc1ccc(C(=O)O)cc1)n1cc(OC)c(-c2cc(Cl)ccc2-n2cnc(F)c2)cc1=O. The first-order valence-electron chi connectivity index (χ1n) is 11.9. The van der Waals surface area contributed by atoms with Crippen molar-refractivity contribution in [1.82, 2.24) is 14.1 Å². The summed E-state index contributed by atoms with van der Waals surface area (Å²) in [4.78, 5) is 41.6. The largest absolute Gasteiger partial charge is 0.495 e. The van der Waals surface area contributed by atoms with Crippen LogP contribution in [0.2, 0.25) is 5.02 Å². The number of aromatic nitrogens is 3. The summed E-state index contributed by atoms with van der Waals surface area (Å²) >= 11 is 6.27. The number of carboxylic acids is 1. The maximum absolute atomic E-state index is 13.7. The van der Waals surface area contributed by atoms with Crippen molar-refractivity contribution in [2.75, 3.05) is 20.8 Å². The number of benzene rings is 2. The van der Waals surface area contributed by atoms with E-state index in [1.165, 1.54) is 60.3 Å². The monoisotopic (exact) mass is 553 g/mol. The Labute approximate surface area is 228 Å². The van der Waals surface area contributed by atoms with Crippen LogP contribution in [0.25, 0.3) is 16.8 Å². The van der Waals surface area contributed by atoms with E-state index in [1.807, 2.05) is 0 Å². The Kier molecular flexibility index (Phi) is 8.58. The molecule has 2 aromatic carbocycles. The Balaban J connectivity index is 1.75. The smallest absolute Gasteiger partial charge is 0.335 e. The molecule has 0 saturated carbocycles. The molecule has 1 atom stereocenters. The van der Waals surface area contributed by atoms with Gasteiger partial charge in [-0.25, -0.2) is 9.78 Å². The molecule has 2 heterocycles. The van der Waals surface area contributed by atoms with Crippen LogP contribution in [0.4, 0.5) is 4.39 Å². The molecule has 202 valence electrons. The average molecular weight is 554 g/mol. The van der Waals surface area contributed by atoms with Crippen molar-refractivity contribution >= 4 is 23.4 Å². The van der Waals surface area contributed by atoms with Crippen LogP contribution in [0.5, 0.6) is 5.75 Å². The minimum Gasteiger partial charge on any atom is -0.495 e. The molecular weight excluding hydrogens is 529 g/mol. The molecule has 2 aromatic heterocycles. The van der Waals surface area contributed by atoms with Gasteiger partial charge < -0.3 is 23.7 Å². The van der Waals surface area contributed by atoms with E-state index >= 15 is 0 Å². The topological polar surface area (TPSA) is 113 Å². The number of pyridine rings is 1. The lowest BCUT2D eigenvalue weighted by atomic mass is 9.99. The van der Waals surface area contributed by atoms with E-state index in [0.29, 0.717) is 33.1 Å². The van der Waals surface area contributed by atoms with E-state index in [0.717, 1.165) is 0 Å². The van der Waals surface area contributed by atoms with E-state index in [-0.39, 0.29) is 30.8 Å². The number of imidazole rings is 1. The van der Waals surface area contributed by atoms with Gasteiger partial charge in [0.25, 0.3) is 5.56 Å². The molecule has 0 aliphatic rings. The number of carbonyl (C=O) groups is 2. The van der Waals surface area contributed by atoms with E-state index < -0.39 is 23.5 Å². The lowest BCUT2D eigenvalue weighted by Gasteiger charge is -2.21. The molecule has 0 aliphatic heterocycles. The van der Waals surface area contributed by atoms with Crippen LogP contribution in [-0.2, 0) is 16.0 Å². The molecule has 4 rings (SSSR count). The van der Waals surface area contributed by atoms with Crippen molar-refractivity contribution in [2.24, 2.45) is 0 Å². The number of aromatic carboxylic acids is 1. The van der Waals surface area contributed by atoms with Gasteiger partial charge in [-0.3, -0.25) is 9.59 Å². The fourth-order valence-corrected chi connectivity index (χ4v) is 4.47. The summed E-state index contributed by atoms with van der Waals surface area (Å²) in [5, 5.41) is 9.51. The first-order chi connectivity index (χ1) is 18.7. The molecular formula is C28H25ClFN3O6. The van der Waals surface area contributed by atoms with E-state index in [9.17, 15) is 18.8 Å². The Hall–Kier alpha value is -4.28. The molecule has 0 saturated heterocycles. The molecule has 1 N–H and O–H groups in total. The van der Waals surface area contributed by atoms with Crippen LogP contribution in [0.15, 0.2) is 72.0 Å². The van der Waals surface area contributed by atoms with Gasteiger partial charge in [0.15, 0.2) is 5.78 Å². The highest BCUT2D eigenvalue weighted by molar-refractivity contribution is 6.31. The van der Waals surface area contributed by atoms with Crippen molar-refractivity contribution in [3.05, 3.63) is 99.7 Å². The molecule has 0 fully saturated rings. The lowest BCUT2D eigenvalue weighted by Crippen LogP contribution is -2.31. The third-order valence-electron chi connectivity index (χ3n) is 6.22. The maximum atomic E-state index is 13.7. The Bertz CT molecular complexity index is 1560. The number of halogens is 2. The summed E-state index contributed by atoms with van der Waals surface area (Å²) in [5.41, 5.74) is 1.66. The summed E-state index contributed by atoms with van der Waals surface area (Å²) in [6.45, 7) is 0.218. The molecule has 0 radical (unpaired) electrons. The van der Waals surface area contributed by atoms with E-state index in [2.05, 4.69) is 4.98 Å². The lowest BCUT2D eigenvalue weighted by molar-refractivity contribution is -0.122. The highest BCUT2D eigenvalue weighted by Crippen LogP contribution is 2.35. The number of hydrogen-bond acceptors (Lipinski definition) is 6. The molecule has 0 aliphatic carbocycles. The zero-order valence-corrected chi connectivity index (χ0v) is 21.9. The number of methoxy groups -OCH3 is 2. The second-order valence-electron chi connectivity index (χ2n) is 8.71. The second kappa shape index (κ2) is 12.1. The predicted octanol–water partition coefficient (Wildman–Crippen LogP) is 4.59. The standard InChI is InChI=1S/C28H25ClFN3O6/c1-38-10-9-23(24(34)11-17-3-5-18(6-4-17)28(36)37)33-14-25(39-2)21(13-27(33)35)20-12-19(29)7-8-22(20)32-15-26(30)31-16-32/h3-8,12-16,23H,9-11H2,1-2H3,(H,36,37). The van der Waals surface area contributed by atoms with Gasteiger partial charge in [-0.15, -0.1) is 0 Å². The van der Waals surface area contributed by atoms with Gasteiger partial charge in [-0.2, -0.15) is 4.39 Å². The Morgan fingerprint density at radius 3 is 2.44 bits per heavy atom. The quantitative estimate of drug-likeness (QED) is 0.289. The minimum atomic E-state index is -1.06. The summed E-state index contributed by atoms with van der Waals surface area (Å²) in [5.74, 6) is -1.70. The predicted molar refractivity (Wildman–Crippen MR) is 142 cm³/mol. The third-order valence-corrected chi connectivity index (χ3v) is 6.46. The normalized spacial score (nSPS) is 11.8. The van der Waals surface area contributed by atoms with Crippen molar-refractivity contribution in [2.45, 2.75) is 18.9 Å². The van der Waals surface area contributed by atoms with Gasteiger partial charge in [0.1, 0.15) is 12.1 Å². The molecule has 4 aromatic rings. The number of nitrogens with zero attached hydrogens (tertiary/aromatic N) is 3. The van der Waals surface area contributed by atoms with Crippen LogP contribution in [0.3, 0.4) is 0 Å². The van der Waals surface area contributed by atoms with Gasteiger partial charge in [0.2, 0.25) is 5.95 Å². The van der Waals surface area contributed by atoms with Crippen molar-refractivity contribution in [3.8, 4) is 22.6 Å². The number of carbonyl (C=O) groups excluding carboxylic acids is 1. The number of ketones is 1. The molecule has 0 amide bonds. The second-order valence-corrected chi connectivity index (χ2v) is 9.15. The molecule has 1 unspecified atom stereocenters. The van der Waals surface area contributed by atoms with E-state index in [4.69, 9.17) is 26.2 Å². The van der Waals surface area contributed by atoms with Gasteiger partial charge in [-0.05, 0) is 42.3 Å². The number of hydrogen-bond donors (Lipinski definition) is 1. The molecule has 39 heavy (non-hydrogen) atoms. The fraction of sp³-hybridized carbons (Fsp3) is 0.214. The molecule has 0 spiro atoms. The number of rotatable bonds is 11. The molecule has 9 nitrogen and oxygen atoms in total. The average Bonchev–Trinajstić information content (AvgIpc) is 3.35. The third kappa shape index (κ3) is 6.24. The number of ether oxygens (including phenoxy) is 2. The summed E-state index contributed by atoms with van der Waals surface area (Å²) < 4.78 is 27.2. The minimum absolute atomic E-state index is 0.0184. The molecule has 0 bridgehead atoms. The zero-order valence-electron chi connectivity index (χ0n) is 21.1. The van der Waals surface area contributed by atoms with Crippen LogP contribution < -0.4 is 10.3 Å². The summed E-state index contributed by atoms with van der Waals surface area (Å²) in [7, 11) is 2.93. The summed E-state index contributed by atoms with van der Waals surface area (Å²) in [6.07, 6.45) is 4.17.